The van der Waals surface area contributed by atoms with E-state index in [0.29, 0.717) is 53.0 Å². The third kappa shape index (κ3) is 4.88. The molecule has 3 aromatic rings. The minimum absolute atomic E-state index is 0.00767. The molecule has 6 rings (SSSR count). The lowest BCUT2D eigenvalue weighted by Gasteiger charge is -2.22. The van der Waals surface area contributed by atoms with Gasteiger partial charge in [-0.05, 0) is 48.4 Å². The summed E-state index contributed by atoms with van der Waals surface area (Å²) in [6.45, 7) is 0.390. The maximum absolute atomic E-state index is 13.2. The third-order valence-electron chi connectivity index (χ3n) is 7.69. The van der Waals surface area contributed by atoms with Crippen LogP contribution in [-0.4, -0.2) is 45.1 Å². The van der Waals surface area contributed by atoms with Crippen molar-refractivity contribution in [3.8, 4) is 11.3 Å². The molecule has 8 nitrogen and oxygen atoms in total. The Bertz CT molecular complexity index is 1430. The zero-order chi connectivity index (χ0) is 26.2. The van der Waals surface area contributed by atoms with Crippen LogP contribution in [-0.2, 0) is 22.6 Å². The predicted octanol–water partition coefficient (Wildman–Crippen LogP) is 4.48. The molecular formula is C29H28ClN5O3. The number of aryl methyl sites for hydroxylation is 1. The number of rotatable bonds is 6. The second-order valence-electron chi connectivity index (χ2n) is 10.2. The predicted molar refractivity (Wildman–Crippen MR) is 144 cm³/mol. The van der Waals surface area contributed by atoms with Crippen molar-refractivity contribution in [3.05, 3.63) is 75.9 Å². The molecule has 2 aromatic carbocycles. The van der Waals surface area contributed by atoms with E-state index in [2.05, 4.69) is 32.7 Å². The Balaban J connectivity index is 1.14. The summed E-state index contributed by atoms with van der Waals surface area (Å²) in [5.41, 5.74) is 5.09. The van der Waals surface area contributed by atoms with E-state index in [-0.39, 0.29) is 30.4 Å². The number of carbonyl (C=O) groups excluding carboxylic acids is 3. The van der Waals surface area contributed by atoms with E-state index < -0.39 is 0 Å². The molecule has 1 saturated carbocycles. The molecule has 2 heterocycles. The number of fused-ring (bicyclic) bond motifs is 2. The summed E-state index contributed by atoms with van der Waals surface area (Å²) in [6, 6.07) is 13.9. The number of hydrogen-bond donors (Lipinski definition) is 2. The molecule has 1 fully saturated rings. The smallest absolute Gasteiger partial charge is 0.254 e. The Kier molecular flexibility index (Phi) is 6.57. The number of aromatic nitrogens is 2. The molecule has 38 heavy (non-hydrogen) atoms. The second kappa shape index (κ2) is 10.2. The molecule has 3 aliphatic rings. The van der Waals surface area contributed by atoms with Crippen molar-refractivity contribution in [1.82, 2.24) is 20.2 Å². The lowest BCUT2D eigenvalue weighted by Crippen LogP contribution is -2.38. The maximum Gasteiger partial charge on any atom is 0.254 e. The first-order valence-corrected chi connectivity index (χ1v) is 13.4. The Morgan fingerprint density at radius 2 is 1.84 bits per heavy atom. The first-order valence-electron chi connectivity index (χ1n) is 13.0. The number of Topliss-reactive ketones (excluding diaryl/α,β-unsaturated/α-hetero) is 1. The monoisotopic (exact) mass is 529 g/mol. The van der Waals surface area contributed by atoms with Crippen molar-refractivity contribution in [2.24, 2.45) is 0 Å². The van der Waals surface area contributed by atoms with Gasteiger partial charge in [-0.2, -0.15) is 0 Å². The van der Waals surface area contributed by atoms with Crippen molar-refractivity contribution in [2.75, 3.05) is 11.9 Å². The normalized spacial score (nSPS) is 18.9. The maximum atomic E-state index is 13.2. The second-order valence-corrected chi connectivity index (χ2v) is 10.6. The molecule has 0 saturated heterocycles. The van der Waals surface area contributed by atoms with Crippen LogP contribution in [0.4, 0.5) is 5.95 Å². The van der Waals surface area contributed by atoms with Crippen LogP contribution >= 0.6 is 11.6 Å². The Morgan fingerprint density at radius 1 is 1.03 bits per heavy atom. The molecule has 0 radical (unpaired) electrons. The van der Waals surface area contributed by atoms with Gasteiger partial charge >= 0.3 is 0 Å². The topological polar surface area (TPSA) is 104 Å². The summed E-state index contributed by atoms with van der Waals surface area (Å²) in [5, 5.41) is 6.80. The Labute approximate surface area is 225 Å². The number of halogens is 1. The molecule has 1 aliphatic heterocycles. The van der Waals surface area contributed by atoms with Crippen LogP contribution in [0, 0.1) is 0 Å². The van der Waals surface area contributed by atoms with Crippen molar-refractivity contribution in [3.63, 3.8) is 0 Å². The van der Waals surface area contributed by atoms with Crippen LogP contribution in [0.1, 0.15) is 65.2 Å². The molecule has 0 bridgehead atoms. The summed E-state index contributed by atoms with van der Waals surface area (Å²) in [5.74, 6) is 0.396. The molecule has 1 atom stereocenters. The quantitative estimate of drug-likeness (QED) is 0.488. The van der Waals surface area contributed by atoms with Crippen molar-refractivity contribution in [1.29, 1.82) is 0 Å². The van der Waals surface area contributed by atoms with Crippen LogP contribution < -0.4 is 10.6 Å². The van der Waals surface area contributed by atoms with Crippen LogP contribution in [0.3, 0.4) is 0 Å². The lowest BCUT2D eigenvalue weighted by atomic mass is 9.94. The van der Waals surface area contributed by atoms with Crippen molar-refractivity contribution >= 4 is 35.1 Å². The molecular weight excluding hydrogens is 502 g/mol. The van der Waals surface area contributed by atoms with Crippen LogP contribution in [0.5, 0.6) is 0 Å². The number of ketones is 1. The fourth-order valence-corrected chi connectivity index (χ4v) is 5.86. The molecule has 194 valence electrons. The zero-order valence-electron chi connectivity index (χ0n) is 20.9. The summed E-state index contributed by atoms with van der Waals surface area (Å²) >= 11 is 6.45. The highest BCUT2D eigenvalue weighted by Crippen LogP contribution is 2.33. The van der Waals surface area contributed by atoms with Gasteiger partial charge in [0, 0.05) is 36.6 Å². The summed E-state index contributed by atoms with van der Waals surface area (Å²) in [7, 11) is 0. The van der Waals surface area contributed by atoms with Crippen molar-refractivity contribution < 1.29 is 14.4 Å². The highest BCUT2D eigenvalue weighted by molar-refractivity contribution is 6.33. The van der Waals surface area contributed by atoms with Gasteiger partial charge in [-0.15, -0.1) is 0 Å². The minimum Gasteiger partial charge on any atom is -0.351 e. The summed E-state index contributed by atoms with van der Waals surface area (Å²) in [6.07, 6.45) is 6.00. The first kappa shape index (κ1) is 24.6. The number of hydrogen-bond acceptors (Lipinski definition) is 6. The number of amides is 2. The Morgan fingerprint density at radius 3 is 2.68 bits per heavy atom. The number of anilines is 1. The largest absolute Gasteiger partial charge is 0.351 e. The summed E-state index contributed by atoms with van der Waals surface area (Å²) in [4.78, 5) is 48.1. The minimum atomic E-state index is -0.181. The molecule has 0 spiro atoms. The molecule has 9 heteroatoms. The Hall–Kier alpha value is -3.78. The van der Waals surface area contributed by atoms with Gasteiger partial charge < -0.3 is 15.5 Å². The van der Waals surface area contributed by atoms with Gasteiger partial charge in [-0.25, -0.2) is 9.97 Å². The lowest BCUT2D eigenvalue weighted by molar-refractivity contribution is -0.122. The average molecular weight is 530 g/mol. The number of benzene rings is 2. The van der Waals surface area contributed by atoms with E-state index in [1.54, 1.807) is 17.2 Å². The molecule has 2 N–H and O–H groups in total. The fraction of sp³-hybridized carbons (Fsp3) is 0.345. The van der Waals surface area contributed by atoms with Crippen LogP contribution in [0.2, 0.25) is 5.02 Å². The number of carbonyl (C=O) groups is 3. The highest BCUT2D eigenvalue weighted by Gasteiger charge is 2.31. The molecule has 2 aliphatic carbocycles. The SMILES string of the molecule is O=C1CCC(Nc2ncc(Cl)c(-c3ccc4c(c3)C(=O)N(CC(=O)N[C@H]3CCc5ccccc53)C4)n2)CC1. The van der Waals surface area contributed by atoms with Gasteiger partial charge in [-0.3, -0.25) is 14.4 Å². The van der Waals surface area contributed by atoms with Gasteiger partial charge in [0.2, 0.25) is 11.9 Å². The van der Waals surface area contributed by atoms with E-state index in [1.807, 2.05) is 24.3 Å². The fourth-order valence-electron chi connectivity index (χ4n) is 5.66. The van der Waals surface area contributed by atoms with E-state index in [1.165, 1.54) is 5.56 Å². The summed E-state index contributed by atoms with van der Waals surface area (Å²) < 4.78 is 0. The van der Waals surface area contributed by atoms with Crippen LogP contribution in [0.15, 0.2) is 48.7 Å². The van der Waals surface area contributed by atoms with Gasteiger partial charge in [0.1, 0.15) is 12.3 Å². The van der Waals surface area contributed by atoms with E-state index in [4.69, 9.17) is 11.6 Å². The highest BCUT2D eigenvalue weighted by atomic mass is 35.5. The van der Waals surface area contributed by atoms with E-state index in [0.717, 1.165) is 36.8 Å². The number of nitrogens with one attached hydrogen (secondary N) is 2. The van der Waals surface area contributed by atoms with Gasteiger partial charge in [0.15, 0.2) is 0 Å². The molecule has 0 unspecified atom stereocenters. The third-order valence-corrected chi connectivity index (χ3v) is 7.96. The van der Waals surface area contributed by atoms with Crippen molar-refractivity contribution in [2.45, 2.75) is 57.2 Å². The average Bonchev–Trinajstić information content (AvgIpc) is 3.46. The number of nitrogens with zero attached hydrogens (tertiary/aromatic N) is 3. The zero-order valence-corrected chi connectivity index (χ0v) is 21.6. The van der Waals surface area contributed by atoms with Gasteiger partial charge in [0.05, 0.1) is 23.0 Å². The van der Waals surface area contributed by atoms with E-state index >= 15 is 0 Å². The van der Waals surface area contributed by atoms with Gasteiger partial charge in [-0.1, -0.05) is 48.0 Å². The molecule has 2 amide bonds. The molecule has 1 aromatic heterocycles. The first-order chi connectivity index (χ1) is 18.4. The van der Waals surface area contributed by atoms with E-state index in [9.17, 15) is 14.4 Å². The standard InChI is InChI=1S/C29H28ClN5O3/c30-24-14-31-29(32-20-8-10-21(36)11-9-20)34-27(24)18-5-6-19-15-35(28(38)23(19)13-18)16-26(37)33-25-12-7-17-3-1-2-4-22(17)25/h1-6,13-14,20,25H,7-12,15-16H2,(H,33,37)(H,31,32,34)/t25-/m0/s1. The van der Waals surface area contributed by atoms with Crippen LogP contribution in [0.25, 0.3) is 11.3 Å². The van der Waals surface area contributed by atoms with Gasteiger partial charge in [0.25, 0.3) is 5.91 Å².